The number of benzene rings is 1. The third kappa shape index (κ3) is 3.49. The first-order valence-corrected chi connectivity index (χ1v) is 7.63. The van der Waals surface area contributed by atoms with Crippen LogP contribution in [-0.4, -0.2) is 10.4 Å². The van der Waals surface area contributed by atoms with Crippen molar-refractivity contribution in [2.75, 3.05) is 0 Å². The van der Waals surface area contributed by atoms with Gasteiger partial charge in [0.15, 0.2) is 0 Å². The number of rotatable bonds is 4. The minimum atomic E-state index is -0.303. The van der Waals surface area contributed by atoms with E-state index in [-0.39, 0.29) is 6.10 Å². The van der Waals surface area contributed by atoms with Crippen LogP contribution in [0.3, 0.4) is 0 Å². The summed E-state index contributed by atoms with van der Waals surface area (Å²) in [6.07, 6.45) is 7.30. The number of thioether (sulfide) groups is 1. The normalized spacial score (nSPS) is 19.2. The number of aliphatic hydroxyl groups excluding tert-OH is 1. The molecule has 1 nitrogen and oxygen atoms in total. The monoisotopic (exact) mass is 250 g/mol. The Kier molecular flexibility index (Phi) is 4.93. The van der Waals surface area contributed by atoms with Crippen LogP contribution in [-0.2, 0) is 0 Å². The largest absolute Gasteiger partial charge is 0.388 e. The minimum Gasteiger partial charge on any atom is -0.388 e. The first-order valence-electron chi connectivity index (χ1n) is 6.75. The molecular formula is C15H22OS. The lowest BCUT2D eigenvalue weighted by molar-refractivity contribution is 0.171. The van der Waals surface area contributed by atoms with Crippen LogP contribution in [0.5, 0.6) is 0 Å². The van der Waals surface area contributed by atoms with E-state index < -0.39 is 0 Å². The summed E-state index contributed by atoms with van der Waals surface area (Å²) in [6.45, 7) is 2.03. The van der Waals surface area contributed by atoms with Gasteiger partial charge in [-0.2, -0.15) is 0 Å². The first-order chi connectivity index (χ1) is 8.31. The van der Waals surface area contributed by atoms with E-state index >= 15 is 0 Å². The van der Waals surface area contributed by atoms with E-state index in [1.54, 1.807) is 0 Å². The zero-order chi connectivity index (χ0) is 12.1. The third-order valence-electron chi connectivity index (χ3n) is 3.51. The van der Waals surface area contributed by atoms with Crippen molar-refractivity contribution in [3.8, 4) is 0 Å². The molecule has 0 saturated heterocycles. The maximum Gasteiger partial charge on any atom is 0.0798 e. The van der Waals surface area contributed by atoms with E-state index in [1.807, 2.05) is 24.8 Å². The van der Waals surface area contributed by atoms with E-state index in [9.17, 15) is 5.11 Å². The van der Waals surface area contributed by atoms with Gasteiger partial charge in [0.2, 0.25) is 0 Å². The second kappa shape index (κ2) is 6.46. The van der Waals surface area contributed by atoms with Crippen molar-refractivity contribution in [1.82, 2.24) is 0 Å². The van der Waals surface area contributed by atoms with Crippen molar-refractivity contribution in [2.24, 2.45) is 0 Å². The molecule has 2 heteroatoms. The molecule has 1 aliphatic rings. The zero-order valence-electron chi connectivity index (χ0n) is 10.6. The van der Waals surface area contributed by atoms with Crippen molar-refractivity contribution in [3.05, 3.63) is 29.8 Å². The van der Waals surface area contributed by atoms with Gasteiger partial charge in [-0.05, 0) is 30.9 Å². The summed E-state index contributed by atoms with van der Waals surface area (Å²) >= 11 is 1.97. The predicted molar refractivity (Wildman–Crippen MR) is 74.4 cm³/mol. The van der Waals surface area contributed by atoms with Gasteiger partial charge in [0.05, 0.1) is 6.10 Å². The number of hydrogen-bond donors (Lipinski definition) is 1. The number of aliphatic hydroxyl groups is 1. The first kappa shape index (κ1) is 13.0. The highest BCUT2D eigenvalue weighted by Crippen LogP contribution is 2.37. The topological polar surface area (TPSA) is 20.2 Å². The lowest BCUT2D eigenvalue weighted by Gasteiger charge is -2.23. The van der Waals surface area contributed by atoms with Crippen molar-refractivity contribution in [1.29, 1.82) is 0 Å². The summed E-state index contributed by atoms with van der Waals surface area (Å²) in [5.74, 6) is 0. The Morgan fingerprint density at radius 3 is 2.65 bits per heavy atom. The number of hydrogen-bond acceptors (Lipinski definition) is 2. The molecule has 1 aromatic rings. The fraction of sp³-hybridized carbons (Fsp3) is 0.600. The van der Waals surface area contributed by atoms with Gasteiger partial charge >= 0.3 is 0 Å². The molecule has 1 saturated carbocycles. The Morgan fingerprint density at radius 2 is 1.94 bits per heavy atom. The molecule has 2 rings (SSSR count). The summed E-state index contributed by atoms with van der Waals surface area (Å²) in [5, 5.41) is 10.8. The van der Waals surface area contributed by atoms with Crippen LogP contribution in [0.25, 0.3) is 0 Å². The molecule has 0 radical (unpaired) electrons. The molecule has 1 aromatic carbocycles. The average molecular weight is 250 g/mol. The van der Waals surface area contributed by atoms with Gasteiger partial charge in [-0.3, -0.25) is 0 Å². The van der Waals surface area contributed by atoms with E-state index in [0.29, 0.717) is 0 Å². The summed E-state index contributed by atoms with van der Waals surface area (Å²) in [7, 11) is 0. The van der Waals surface area contributed by atoms with Crippen molar-refractivity contribution in [2.45, 2.75) is 61.7 Å². The zero-order valence-corrected chi connectivity index (χ0v) is 11.4. The molecule has 0 amide bonds. The maximum absolute atomic E-state index is 10.0. The smallest absolute Gasteiger partial charge is 0.0798 e. The van der Waals surface area contributed by atoms with E-state index in [0.717, 1.165) is 17.2 Å². The van der Waals surface area contributed by atoms with Crippen LogP contribution < -0.4 is 0 Å². The summed E-state index contributed by atoms with van der Waals surface area (Å²) < 4.78 is 0. The van der Waals surface area contributed by atoms with Crippen LogP contribution in [0.15, 0.2) is 29.2 Å². The van der Waals surface area contributed by atoms with Crippen LogP contribution in [0, 0.1) is 0 Å². The fourth-order valence-corrected chi connectivity index (χ4v) is 3.87. The molecule has 0 heterocycles. The predicted octanol–water partition coefficient (Wildman–Crippen LogP) is 4.55. The molecule has 0 unspecified atom stereocenters. The standard InChI is InChI=1S/C15H22OS/c1-2-14(16)13-10-6-7-11-15(13)17-12-8-4-3-5-9-12/h6-7,10-12,14,16H,2-5,8-9H2,1H3/t14-/m1/s1. The maximum atomic E-state index is 10.0. The second-order valence-corrected chi connectivity index (χ2v) is 6.18. The molecule has 0 aromatic heterocycles. The Labute approximate surface area is 109 Å². The lowest BCUT2D eigenvalue weighted by Crippen LogP contribution is -2.08. The Bertz CT molecular complexity index is 345. The highest BCUT2D eigenvalue weighted by molar-refractivity contribution is 8.00. The van der Waals surface area contributed by atoms with E-state index in [4.69, 9.17) is 0 Å². The highest BCUT2D eigenvalue weighted by atomic mass is 32.2. The molecule has 94 valence electrons. The highest BCUT2D eigenvalue weighted by Gasteiger charge is 2.17. The average Bonchev–Trinajstić information content (AvgIpc) is 2.40. The van der Waals surface area contributed by atoms with E-state index in [1.165, 1.54) is 37.0 Å². The van der Waals surface area contributed by atoms with Gasteiger partial charge in [-0.15, -0.1) is 11.8 Å². The second-order valence-electron chi connectivity index (χ2n) is 4.84. The van der Waals surface area contributed by atoms with E-state index in [2.05, 4.69) is 18.2 Å². The molecule has 0 aliphatic heterocycles. The van der Waals surface area contributed by atoms with Crippen molar-refractivity contribution in [3.63, 3.8) is 0 Å². The van der Waals surface area contributed by atoms with Gasteiger partial charge in [0.1, 0.15) is 0 Å². The molecule has 1 N–H and O–H groups in total. The van der Waals surface area contributed by atoms with Gasteiger partial charge in [0, 0.05) is 10.1 Å². The van der Waals surface area contributed by atoms with Gasteiger partial charge < -0.3 is 5.11 Å². The third-order valence-corrected chi connectivity index (χ3v) is 4.94. The van der Waals surface area contributed by atoms with Gasteiger partial charge in [0.25, 0.3) is 0 Å². The van der Waals surface area contributed by atoms with Crippen LogP contribution >= 0.6 is 11.8 Å². The quantitative estimate of drug-likeness (QED) is 0.845. The van der Waals surface area contributed by atoms with Crippen LogP contribution in [0.1, 0.15) is 57.1 Å². The molecule has 1 atom stereocenters. The SMILES string of the molecule is CC[C@@H](O)c1ccccc1SC1CCCCC1. The Balaban J connectivity index is 2.08. The molecule has 0 bridgehead atoms. The molecule has 1 aliphatic carbocycles. The van der Waals surface area contributed by atoms with Gasteiger partial charge in [-0.25, -0.2) is 0 Å². The van der Waals surface area contributed by atoms with Crippen molar-refractivity contribution >= 4 is 11.8 Å². The fourth-order valence-electron chi connectivity index (χ4n) is 2.45. The minimum absolute atomic E-state index is 0.303. The summed E-state index contributed by atoms with van der Waals surface area (Å²) in [4.78, 5) is 1.29. The summed E-state index contributed by atoms with van der Waals surface area (Å²) in [5.41, 5.74) is 1.12. The Hall–Kier alpha value is -0.470. The van der Waals surface area contributed by atoms with Crippen LogP contribution in [0.4, 0.5) is 0 Å². The lowest BCUT2D eigenvalue weighted by atomic mass is 10.0. The van der Waals surface area contributed by atoms with Crippen molar-refractivity contribution < 1.29 is 5.11 Å². The van der Waals surface area contributed by atoms with Crippen LogP contribution in [0.2, 0.25) is 0 Å². The molecule has 17 heavy (non-hydrogen) atoms. The van der Waals surface area contributed by atoms with Gasteiger partial charge in [-0.1, -0.05) is 44.4 Å². The molecule has 1 fully saturated rings. The Morgan fingerprint density at radius 1 is 1.24 bits per heavy atom. The molecule has 0 spiro atoms. The molecular weight excluding hydrogens is 228 g/mol. The summed E-state index contributed by atoms with van der Waals surface area (Å²) in [6, 6.07) is 8.34.